The molecule has 7 nitrogen and oxygen atoms in total. The summed E-state index contributed by atoms with van der Waals surface area (Å²) >= 11 is 0. The first kappa shape index (κ1) is 22.7. The van der Waals surface area contributed by atoms with Gasteiger partial charge < -0.3 is 24.4 Å². The van der Waals surface area contributed by atoms with E-state index >= 15 is 0 Å². The van der Waals surface area contributed by atoms with Gasteiger partial charge in [-0.1, -0.05) is 6.42 Å². The summed E-state index contributed by atoms with van der Waals surface area (Å²) in [6, 6.07) is 0. The van der Waals surface area contributed by atoms with Gasteiger partial charge in [-0.2, -0.15) is 0 Å². The topological polar surface area (TPSA) is 72.4 Å². The highest BCUT2D eigenvalue weighted by Gasteiger charge is 2.21. The molecule has 1 saturated heterocycles. The van der Waals surface area contributed by atoms with Crippen LogP contribution in [0.25, 0.3) is 0 Å². The van der Waals surface area contributed by atoms with Crippen LogP contribution < -0.4 is 5.32 Å². The highest BCUT2D eigenvalue weighted by Crippen LogP contribution is 2.14. The lowest BCUT2D eigenvalue weighted by atomic mass is 10.1. The molecule has 1 N–H and O–H groups in total. The van der Waals surface area contributed by atoms with E-state index < -0.39 is 0 Å². The van der Waals surface area contributed by atoms with Crippen LogP contribution >= 0.6 is 0 Å². The van der Waals surface area contributed by atoms with E-state index in [2.05, 4.69) is 21.9 Å². The number of nitrogens with zero attached hydrogens (tertiary/aromatic N) is 2. The number of carbonyl (C=O) groups is 1. The average molecular weight is 372 g/mol. The second-order valence-electron chi connectivity index (χ2n) is 6.53. The Balaban J connectivity index is 2.25. The molecule has 0 aromatic heterocycles. The lowest BCUT2D eigenvalue weighted by Crippen LogP contribution is -2.47. The van der Waals surface area contributed by atoms with Gasteiger partial charge in [0, 0.05) is 52.9 Å². The molecule has 1 fully saturated rings. The molecule has 0 radical (unpaired) electrons. The van der Waals surface area contributed by atoms with Crippen LogP contribution in [0, 0.1) is 0 Å². The van der Waals surface area contributed by atoms with Crippen molar-refractivity contribution in [2.24, 2.45) is 4.99 Å². The zero-order chi connectivity index (χ0) is 19.0. The third-order valence-electron chi connectivity index (χ3n) is 4.45. The van der Waals surface area contributed by atoms with Gasteiger partial charge in [0.05, 0.1) is 13.2 Å². The van der Waals surface area contributed by atoms with Crippen molar-refractivity contribution in [2.75, 3.05) is 53.6 Å². The van der Waals surface area contributed by atoms with E-state index in [0.717, 1.165) is 83.9 Å². The Labute approximate surface area is 158 Å². The third-order valence-corrected chi connectivity index (χ3v) is 4.45. The Kier molecular flexibility index (Phi) is 12.9. The summed E-state index contributed by atoms with van der Waals surface area (Å²) < 4.78 is 15.6. The standard InChI is InChI=1S/C19H37N3O4/c1-4-20-19(21-12-7-5-6-9-18(23)25-3)22-13-10-17(11-14-22)26-16-8-15-24-2/h17H,4-16H2,1-3H3,(H,20,21). The van der Waals surface area contributed by atoms with E-state index in [1.165, 1.54) is 7.11 Å². The lowest BCUT2D eigenvalue weighted by Gasteiger charge is -2.34. The maximum atomic E-state index is 11.1. The number of aliphatic imine (C=N–C) groups is 1. The van der Waals surface area contributed by atoms with Gasteiger partial charge in [-0.3, -0.25) is 9.79 Å². The summed E-state index contributed by atoms with van der Waals surface area (Å²) in [6.45, 7) is 7.24. The maximum Gasteiger partial charge on any atom is 0.305 e. The summed E-state index contributed by atoms with van der Waals surface area (Å²) in [7, 11) is 3.16. The molecule has 0 bridgehead atoms. The van der Waals surface area contributed by atoms with Gasteiger partial charge in [0.1, 0.15) is 0 Å². The molecule has 7 heteroatoms. The summed E-state index contributed by atoms with van der Waals surface area (Å²) in [5.41, 5.74) is 0. The average Bonchev–Trinajstić information content (AvgIpc) is 2.67. The molecular weight excluding hydrogens is 334 g/mol. The Hall–Kier alpha value is -1.34. The normalized spacial score (nSPS) is 16.0. The van der Waals surface area contributed by atoms with Gasteiger partial charge >= 0.3 is 5.97 Å². The van der Waals surface area contributed by atoms with Gasteiger partial charge in [0.2, 0.25) is 0 Å². The van der Waals surface area contributed by atoms with Crippen LogP contribution in [0.3, 0.4) is 0 Å². The number of methoxy groups -OCH3 is 2. The second kappa shape index (κ2) is 14.8. The molecule has 0 atom stereocenters. The first-order valence-electron chi connectivity index (χ1n) is 9.91. The fourth-order valence-electron chi connectivity index (χ4n) is 2.96. The molecule has 0 spiro atoms. The number of guanidine groups is 1. The predicted octanol–water partition coefficient (Wildman–Crippen LogP) is 2.20. The van der Waals surface area contributed by atoms with E-state index in [0.29, 0.717) is 12.5 Å². The van der Waals surface area contributed by atoms with E-state index in [1.807, 2.05) is 0 Å². The minimum absolute atomic E-state index is 0.130. The molecule has 1 rings (SSSR count). The van der Waals surface area contributed by atoms with Gasteiger partial charge in [-0.05, 0) is 39.0 Å². The fourth-order valence-corrected chi connectivity index (χ4v) is 2.96. The number of hydrogen-bond donors (Lipinski definition) is 1. The van der Waals surface area contributed by atoms with E-state index in [-0.39, 0.29) is 5.97 Å². The first-order valence-corrected chi connectivity index (χ1v) is 9.91. The van der Waals surface area contributed by atoms with Crippen molar-refractivity contribution < 1.29 is 19.0 Å². The van der Waals surface area contributed by atoms with Gasteiger partial charge in [0.15, 0.2) is 5.96 Å². The Morgan fingerprint density at radius 1 is 1.12 bits per heavy atom. The number of rotatable bonds is 12. The number of nitrogens with one attached hydrogen (secondary N) is 1. The van der Waals surface area contributed by atoms with Crippen LogP contribution in [0.15, 0.2) is 4.99 Å². The van der Waals surface area contributed by atoms with Crippen molar-refractivity contribution in [2.45, 2.75) is 58.0 Å². The molecule has 152 valence electrons. The van der Waals surface area contributed by atoms with Gasteiger partial charge in [-0.25, -0.2) is 0 Å². The molecule has 0 amide bonds. The summed E-state index contributed by atoms with van der Waals surface area (Å²) in [5, 5.41) is 3.39. The predicted molar refractivity (Wildman–Crippen MR) is 104 cm³/mol. The smallest absolute Gasteiger partial charge is 0.305 e. The van der Waals surface area contributed by atoms with Crippen LogP contribution in [0.5, 0.6) is 0 Å². The molecule has 1 heterocycles. The number of carbonyl (C=O) groups excluding carboxylic acids is 1. The van der Waals surface area contributed by atoms with Crippen LogP contribution in [0.2, 0.25) is 0 Å². The third kappa shape index (κ3) is 9.97. The summed E-state index contributed by atoms with van der Waals surface area (Å²) in [6.07, 6.45) is 6.73. The van der Waals surface area contributed by atoms with Gasteiger partial charge in [0.25, 0.3) is 0 Å². The Bertz CT molecular complexity index is 396. The molecule has 0 aromatic carbocycles. The van der Waals surface area contributed by atoms with E-state index in [1.54, 1.807) is 7.11 Å². The van der Waals surface area contributed by atoms with Crippen molar-refractivity contribution in [3.63, 3.8) is 0 Å². The minimum atomic E-state index is -0.130. The number of ether oxygens (including phenoxy) is 3. The second-order valence-corrected chi connectivity index (χ2v) is 6.53. The van der Waals surface area contributed by atoms with Crippen molar-refractivity contribution in [1.82, 2.24) is 10.2 Å². The van der Waals surface area contributed by atoms with Crippen LogP contribution in [0.1, 0.15) is 51.9 Å². The number of piperidine rings is 1. The van der Waals surface area contributed by atoms with Crippen molar-refractivity contribution in [3.8, 4) is 0 Å². The van der Waals surface area contributed by atoms with E-state index in [4.69, 9.17) is 14.5 Å². The van der Waals surface area contributed by atoms with Crippen LogP contribution in [-0.4, -0.2) is 76.5 Å². The minimum Gasteiger partial charge on any atom is -0.469 e. The number of likely N-dealkylation sites (tertiary alicyclic amines) is 1. The number of unbranched alkanes of at least 4 members (excludes halogenated alkanes) is 2. The summed E-state index contributed by atoms with van der Waals surface area (Å²) in [4.78, 5) is 18.2. The Morgan fingerprint density at radius 2 is 1.88 bits per heavy atom. The molecule has 1 aliphatic heterocycles. The molecular formula is C19H37N3O4. The molecule has 0 aliphatic carbocycles. The number of hydrogen-bond acceptors (Lipinski definition) is 5. The van der Waals surface area contributed by atoms with Crippen molar-refractivity contribution >= 4 is 11.9 Å². The molecule has 26 heavy (non-hydrogen) atoms. The zero-order valence-corrected chi connectivity index (χ0v) is 16.8. The van der Waals surface area contributed by atoms with Crippen LogP contribution in [-0.2, 0) is 19.0 Å². The molecule has 1 aliphatic rings. The lowest BCUT2D eigenvalue weighted by molar-refractivity contribution is -0.140. The SMILES string of the molecule is CCNC(=NCCCCCC(=O)OC)N1CCC(OCCCOC)CC1. The zero-order valence-electron chi connectivity index (χ0n) is 16.8. The monoisotopic (exact) mass is 371 g/mol. The summed E-state index contributed by atoms with van der Waals surface area (Å²) in [5.74, 6) is 0.868. The Morgan fingerprint density at radius 3 is 2.54 bits per heavy atom. The molecule has 0 saturated carbocycles. The van der Waals surface area contributed by atoms with Crippen molar-refractivity contribution in [3.05, 3.63) is 0 Å². The number of esters is 1. The van der Waals surface area contributed by atoms with Gasteiger partial charge in [-0.15, -0.1) is 0 Å². The van der Waals surface area contributed by atoms with Crippen molar-refractivity contribution in [1.29, 1.82) is 0 Å². The highest BCUT2D eigenvalue weighted by molar-refractivity contribution is 5.80. The fraction of sp³-hybridized carbons (Fsp3) is 0.895. The highest BCUT2D eigenvalue weighted by atomic mass is 16.5. The maximum absolute atomic E-state index is 11.1. The van der Waals surface area contributed by atoms with E-state index in [9.17, 15) is 4.79 Å². The molecule has 0 aromatic rings. The largest absolute Gasteiger partial charge is 0.469 e. The first-order chi connectivity index (χ1) is 12.7. The molecule has 0 unspecified atom stereocenters. The van der Waals surface area contributed by atoms with Crippen LogP contribution in [0.4, 0.5) is 0 Å². The quantitative estimate of drug-likeness (QED) is 0.245.